The molecule has 96 valence electrons. The van der Waals surface area contributed by atoms with Gasteiger partial charge in [0.15, 0.2) is 0 Å². The summed E-state index contributed by atoms with van der Waals surface area (Å²) in [4.78, 5) is 2.51. The molecule has 1 fully saturated rings. The third kappa shape index (κ3) is 2.51. The zero-order valence-electron chi connectivity index (χ0n) is 11.2. The molecule has 0 N–H and O–H groups in total. The van der Waals surface area contributed by atoms with Gasteiger partial charge < -0.3 is 4.90 Å². The van der Waals surface area contributed by atoms with E-state index in [9.17, 15) is 0 Å². The molecule has 17 heavy (non-hydrogen) atoms. The van der Waals surface area contributed by atoms with Crippen LogP contribution in [-0.2, 0) is 12.4 Å². The van der Waals surface area contributed by atoms with Gasteiger partial charge >= 0.3 is 0 Å². The molecule has 0 bridgehead atoms. The number of aromatic nitrogens is 2. The van der Waals surface area contributed by atoms with Crippen LogP contribution in [0, 0.1) is 18.8 Å². The Morgan fingerprint density at radius 1 is 1.29 bits per heavy atom. The highest BCUT2D eigenvalue weighted by Gasteiger charge is 2.26. The zero-order valence-corrected chi connectivity index (χ0v) is 12.8. The van der Waals surface area contributed by atoms with Crippen molar-refractivity contribution < 1.29 is 0 Å². The molecular weight excluding hydrogens is 278 g/mol. The summed E-state index contributed by atoms with van der Waals surface area (Å²) in [5.41, 5.74) is 2.49. The van der Waals surface area contributed by atoms with Crippen molar-refractivity contribution in [1.82, 2.24) is 9.78 Å². The highest BCUT2D eigenvalue weighted by Crippen LogP contribution is 2.31. The van der Waals surface area contributed by atoms with Crippen LogP contribution in [0.25, 0.3) is 0 Å². The largest absolute Gasteiger partial charge is 0.356 e. The third-order valence-corrected chi connectivity index (χ3v) is 4.18. The molecule has 2 heterocycles. The molecule has 0 aromatic carbocycles. The van der Waals surface area contributed by atoms with E-state index >= 15 is 0 Å². The lowest BCUT2D eigenvalue weighted by molar-refractivity contribution is 0.353. The van der Waals surface area contributed by atoms with Gasteiger partial charge in [-0.1, -0.05) is 29.8 Å². The summed E-state index contributed by atoms with van der Waals surface area (Å²) >= 11 is 3.59. The van der Waals surface area contributed by atoms with Gasteiger partial charge in [-0.15, -0.1) is 0 Å². The van der Waals surface area contributed by atoms with Gasteiger partial charge in [0.25, 0.3) is 0 Å². The third-order valence-electron chi connectivity index (χ3n) is 3.62. The second-order valence-corrected chi connectivity index (χ2v) is 6.06. The van der Waals surface area contributed by atoms with Crippen LogP contribution in [-0.4, -0.2) is 22.9 Å². The Hall–Kier alpha value is -0.510. The first kappa shape index (κ1) is 12.9. The van der Waals surface area contributed by atoms with Crippen molar-refractivity contribution in [3.8, 4) is 0 Å². The Bertz CT molecular complexity index is 390. The van der Waals surface area contributed by atoms with Crippen molar-refractivity contribution in [3.63, 3.8) is 0 Å². The molecule has 2 rings (SSSR count). The fourth-order valence-electron chi connectivity index (χ4n) is 3.08. The number of hydrogen-bond acceptors (Lipinski definition) is 2. The topological polar surface area (TPSA) is 21.1 Å². The number of hydrogen-bond donors (Lipinski definition) is 0. The lowest BCUT2D eigenvalue weighted by Crippen LogP contribution is -2.40. The average molecular weight is 300 g/mol. The van der Waals surface area contributed by atoms with Crippen molar-refractivity contribution in [1.29, 1.82) is 0 Å². The molecule has 1 aromatic heterocycles. The van der Waals surface area contributed by atoms with Gasteiger partial charge in [0.1, 0.15) is 5.82 Å². The maximum absolute atomic E-state index is 4.55. The Morgan fingerprint density at radius 2 is 1.88 bits per heavy atom. The number of alkyl halides is 1. The van der Waals surface area contributed by atoms with Crippen molar-refractivity contribution in [2.45, 2.75) is 32.5 Å². The number of halogens is 1. The van der Waals surface area contributed by atoms with Crippen LogP contribution >= 0.6 is 15.9 Å². The van der Waals surface area contributed by atoms with Crippen LogP contribution in [0.3, 0.4) is 0 Å². The molecule has 1 aliphatic heterocycles. The molecule has 0 saturated carbocycles. The molecule has 0 radical (unpaired) electrons. The predicted octanol–water partition coefficient (Wildman–Crippen LogP) is 3.11. The molecule has 4 heteroatoms. The Balaban J connectivity index is 2.32. The van der Waals surface area contributed by atoms with Crippen LogP contribution in [0.5, 0.6) is 0 Å². The van der Waals surface area contributed by atoms with E-state index < -0.39 is 0 Å². The molecule has 0 aliphatic carbocycles. The molecule has 0 amide bonds. The summed E-state index contributed by atoms with van der Waals surface area (Å²) in [6.07, 6.45) is 1.34. The van der Waals surface area contributed by atoms with E-state index in [0.717, 1.165) is 35.9 Å². The Morgan fingerprint density at radius 3 is 2.41 bits per heavy atom. The smallest absolute Gasteiger partial charge is 0.130 e. The monoisotopic (exact) mass is 299 g/mol. The van der Waals surface area contributed by atoms with Gasteiger partial charge in [0, 0.05) is 31.0 Å². The Labute approximate surface area is 112 Å². The van der Waals surface area contributed by atoms with E-state index in [1.54, 1.807) is 0 Å². The minimum absolute atomic E-state index is 0.775. The van der Waals surface area contributed by atoms with Crippen molar-refractivity contribution >= 4 is 21.7 Å². The second kappa shape index (κ2) is 5.01. The first-order valence-corrected chi connectivity index (χ1v) is 7.48. The van der Waals surface area contributed by atoms with Crippen LogP contribution in [0.1, 0.15) is 31.5 Å². The summed E-state index contributed by atoms with van der Waals surface area (Å²) in [6.45, 7) is 9.10. The summed E-state index contributed by atoms with van der Waals surface area (Å²) in [5.74, 6) is 2.85. The molecule has 2 unspecified atom stereocenters. The zero-order chi connectivity index (χ0) is 12.6. The van der Waals surface area contributed by atoms with Crippen molar-refractivity contribution in [3.05, 3.63) is 11.3 Å². The molecule has 0 spiro atoms. The number of rotatable bonds is 2. The molecule has 1 saturated heterocycles. The number of nitrogens with zero attached hydrogens (tertiary/aromatic N) is 3. The van der Waals surface area contributed by atoms with E-state index in [1.807, 2.05) is 4.68 Å². The fraction of sp³-hybridized carbons (Fsp3) is 0.769. The van der Waals surface area contributed by atoms with E-state index in [-0.39, 0.29) is 0 Å². The highest BCUT2D eigenvalue weighted by atomic mass is 79.9. The minimum Gasteiger partial charge on any atom is -0.356 e. The highest BCUT2D eigenvalue weighted by molar-refractivity contribution is 9.08. The van der Waals surface area contributed by atoms with Crippen molar-refractivity contribution in [2.24, 2.45) is 18.9 Å². The van der Waals surface area contributed by atoms with Crippen LogP contribution < -0.4 is 4.90 Å². The standard InChI is InChI=1S/C13H22BrN3/c1-9-5-10(2)8-17(7-9)13-12(6-14)11(3)15-16(13)4/h9-10H,5-8H2,1-4H3. The van der Waals surface area contributed by atoms with Gasteiger partial charge in [-0.05, 0) is 25.2 Å². The quantitative estimate of drug-likeness (QED) is 0.783. The first-order chi connectivity index (χ1) is 8.02. The number of anilines is 1. The fourth-order valence-corrected chi connectivity index (χ4v) is 3.73. The average Bonchev–Trinajstić information content (AvgIpc) is 2.51. The lowest BCUT2D eigenvalue weighted by Gasteiger charge is -2.36. The minimum atomic E-state index is 0.775. The summed E-state index contributed by atoms with van der Waals surface area (Å²) < 4.78 is 2.04. The summed E-state index contributed by atoms with van der Waals surface area (Å²) in [6, 6.07) is 0. The molecular formula is C13H22BrN3. The van der Waals surface area contributed by atoms with Gasteiger partial charge in [0.2, 0.25) is 0 Å². The van der Waals surface area contributed by atoms with Gasteiger partial charge in [0.05, 0.1) is 5.69 Å². The number of aryl methyl sites for hydroxylation is 2. The maximum Gasteiger partial charge on any atom is 0.130 e. The second-order valence-electron chi connectivity index (χ2n) is 5.50. The molecule has 2 atom stereocenters. The van der Waals surface area contributed by atoms with Crippen molar-refractivity contribution in [2.75, 3.05) is 18.0 Å². The predicted molar refractivity (Wildman–Crippen MR) is 75.7 cm³/mol. The normalized spacial score (nSPS) is 25.4. The number of piperidine rings is 1. The van der Waals surface area contributed by atoms with E-state index in [0.29, 0.717) is 0 Å². The van der Waals surface area contributed by atoms with Crippen LogP contribution in [0.2, 0.25) is 0 Å². The van der Waals surface area contributed by atoms with Gasteiger partial charge in [-0.3, -0.25) is 4.68 Å². The maximum atomic E-state index is 4.55. The molecule has 1 aromatic rings. The first-order valence-electron chi connectivity index (χ1n) is 6.36. The molecule has 1 aliphatic rings. The van der Waals surface area contributed by atoms with Crippen LogP contribution in [0.4, 0.5) is 5.82 Å². The lowest BCUT2D eigenvalue weighted by atomic mass is 9.92. The SMILES string of the molecule is Cc1nn(C)c(N2CC(C)CC(C)C2)c1CBr. The Kier molecular flexibility index (Phi) is 3.81. The van der Waals surface area contributed by atoms with E-state index in [4.69, 9.17) is 0 Å². The summed E-state index contributed by atoms with van der Waals surface area (Å²) in [5, 5.41) is 5.44. The molecule has 3 nitrogen and oxygen atoms in total. The van der Waals surface area contributed by atoms with Gasteiger partial charge in [-0.25, -0.2) is 0 Å². The van der Waals surface area contributed by atoms with E-state index in [2.05, 4.69) is 53.7 Å². The van der Waals surface area contributed by atoms with Crippen LogP contribution in [0.15, 0.2) is 0 Å². The van der Waals surface area contributed by atoms with E-state index in [1.165, 1.54) is 17.8 Å². The summed E-state index contributed by atoms with van der Waals surface area (Å²) in [7, 11) is 2.05. The van der Waals surface area contributed by atoms with Gasteiger partial charge in [-0.2, -0.15) is 5.10 Å².